The highest BCUT2D eigenvalue weighted by Crippen LogP contribution is 2.13. The molecule has 0 saturated carbocycles. The highest BCUT2D eigenvalue weighted by atomic mass is 16.5. The van der Waals surface area contributed by atoms with E-state index in [1.807, 2.05) is 13.0 Å². The van der Waals surface area contributed by atoms with E-state index in [0.29, 0.717) is 18.9 Å². The summed E-state index contributed by atoms with van der Waals surface area (Å²) in [6, 6.07) is 3.60. The number of hydrogen-bond acceptors (Lipinski definition) is 3. The molecule has 1 N–H and O–H groups in total. The minimum atomic E-state index is 0.0571. The van der Waals surface area contributed by atoms with Crippen LogP contribution in [0.5, 0.6) is 5.88 Å². The van der Waals surface area contributed by atoms with Gasteiger partial charge in [-0.2, -0.15) is 0 Å². The maximum Gasteiger partial charge on any atom is 0.224 e. The van der Waals surface area contributed by atoms with E-state index in [1.54, 1.807) is 12.3 Å². The van der Waals surface area contributed by atoms with Crippen molar-refractivity contribution in [2.75, 3.05) is 11.9 Å². The van der Waals surface area contributed by atoms with Gasteiger partial charge in [-0.3, -0.25) is 4.79 Å². The zero-order valence-corrected chi connectivity index (χ0v) is 18.5. The first-order valence-corrected chi connectivity index (χ1v) is 11.4. The molecule has 0 bridgehead atoms. The Morgan fingerprint density at radius 1 is 0.931 bits per heavy atom. The summed E-state index contributed by atoms with van der Waals surface area (Å²) in [4.78, 5) is 16.1. The fraction of sp³-hybridized carbons (Fsp3) is 0.600. The molecule has 0 aromatic carbocycles. The Balaban J connectivity index is 1.94. The van der Waals surface area contributed by atoms with E-state index >= 15 is 0 Å². The summed E-state index contributed by atoms with van der Waals surface area (Å²) in [5.74, 6) is 0.640. The van der Waals surface area contributed by atoms with Crippen molar-refractivity contribution in [1.82, 2.24) is 4.98 Å². The second kappa shape index (κ2) is 18.0. The standard InChI is InChI=1S/C25H40N2O2/c1-3-5-6-7-8-9-10-11-12-13-14-15-16-17-18-19-24(28)27-23-20-21-25(26-22-23)29-4-2/h8-9,11-12,20-22H,3-7,10,13-19H2,1-2H3,(H,27,28)/b9-8-,12-11-. The highest BCUT2D eigenvalue weighted by molar-refractivity contribution is 5.90. The SMILES string of the molecule is CCCCC/C=C\C/C=C\CCCCCCCC(=O)Nc1ccc(OCC)nc1. The van der Waals surface area contributed by atoms with Crippen molar-refractivity contribution < 1.29 is 9.53 Å². The largest absolute Gasteiger partial charge is 0.478 e. The van der Waals surface area contributed by atoms with Crippen molar-refractivity contribution in [2.45, 2.75) is 90.9 Å². The molecule has 29 heavy (non-hydrogen) atoms. The molecule has 4 nitrogen and oxygen atoms in total. The van der Waals surface area contributed by atoms with Crippen LogP contribution in [0.2, 0.25) is 0 Å². The van der Waals surface area contributed by atoms with E-state index in [1.165, 1.54) is 44.9 Å². The van der Waals surface area contributed by atoms with Crippen molar-refractivity contribution in [2.24, 2.45) is 0 Å². The number of nitrogens with zero attached hydrogens (tertiary/aromatic N) is 1. The molecule has 0 aliphatic rings. The number of pyridine rings is 1. The van der Waals surface area contributed by atoms with Crippen LogP contribution in [0.3, 0.4) is 0 Å². The van der Waals surface area contributed by atoms with Gasteiger partial charge in [-0.25, -0.2) is 4.98 Å². The predicted octanol–water partition coefficient (Wildman–Crippen LogP) is 7.23. The zero-order valence-electron chi connectivity index (χ0n) is 18.5. The van der Waals surface area contributed by atoms with Crippen LogP contribution in [0, 0.1) is 0 Å². The molecule has 1 amide bonds. The molecular weight excluding hydrogens is 360 g/mol. The van der Waals surface area contributed by atoms with Crippen molar-refractivity contribution in [3.05, 3.63) is 42.6 Å². The van der Waals surface area contributed by atoms with Gasteiger partial charge in [-0.15, -0.1) is 0 Å². The lowest BCUT2D eigenvalue weighted by Crippen LogP contribution is -2.11. The van der Waals surface area contributed by atoms with E-state index in [0.717, 1.165) is 31.4 Å². The quantitative estimate of drug-likeness (QED) is 0.222. The molecule has 0 saturated heterocycles. The molecule has 0 aliphatic carbocycles. The van der Waals surface area contributed by atoms with Gasteiger partial charge in [-0.05, 0) is 51.5 Å². The summed E-state index contributed by atoms with van der Waals surface area (Å²) >= 11 is 0. The van der Waals surface area contributed by atoms with Crippen LogP contribution in [0.1, 0.15) is 90.9 Å². The normalized spacial score (nSPS) is 11.4. The Labute approximate surface area is 177 Å². The summed E-state index contributed by atoms with van der Waals surface area (Å²) < 4.78 is 5.30. The van der Waals surface area contributed by atoms with Gasteiger partial charge in [-0.1, -0.05) is 63.3 Å². The molecule has 0 atom stereocenters. The number of carbonyl (C=O) groups excluding carboxylic acids is 1. The molecule has 0 aliphatic heterocycles. The van der Waals surface area contributed by atoms with Gasteiger partial charge in [0.2, 0.25) is 11.8 Å². The van der Waals surface area contributed by atoms with Gasteiger partial charge in [0.15, 0.2) is 0 Å². The summed E-state index contributed by atoms with van der Waals surface area (Å²) in [6.07, 6.45) is 24.5. The van der Waals surface area contributed by atoms with Crippen LogP contribution in [0.25, 0.3) is 0 Å². The van der Waals surface area contributed by atoms with Crippen LogP contribution >= 0.6 is 0 Å². The molecule has 162 valence electrons. The van der Waals surface area contributed by atoms with Crippen LogP contribution < -0.4 is 10.1 Å². The molecule has 1 heterocycles. The van der Waals surface area contributed by atoms with Gasteiger partial charge >= 0.3 is 0 Å². The van der Waals surface area contributed by atoms with Crippen molar-refractivity contribution in [3.63, 3.8) is 0 Å². The summed E-state index contributed by atoms with van der Waals surface area (Å²) in [7, 11) is 0. The lowest BCUT2D eigenvalue weighted by atomic mass is 10.1. The second-order valence-corrected chi connectivity index (χ2v) is 7.35. The number of anilines is 1. The summed E-state index contributed by atoms with van der Waals surface area (Å²) in [6.45, 7) is 4.75. The van der Waals surface area contributed by atoms with Crippen LogP contribution in [0.15, 0.2) is 42.6 Å². The topological polar surface area (TPSA) is 51.2 Å². The van der Waals surface area contributed by atoms with Gasteiger partial charge in [0.25, 0.3) is 0 Å². The minimum Gasteiger partial charge on any atom is -0.478 e. The first-order chi connectivity index (χ1) is 14.3. The maximum atomic E-state index is 12.0. The lowest BCUT2D eigenvalue weighted by molar-refractivity contribution is -0.116. The van der Waals surface area contributed by atoms with E-state index in [2.05, 4.69) is 41.5 Å². The number of unbranched alkanes of at least 4 members (excludes halogenated alkanes) is 8. The van der Waals surface area contributed by atoms with Crippen LogP contribution in [-0.4, -0.2) is 17.5 Å². The Bertz CT molecular complexity index is 579. The number of carbonyl (C=O) groups is 1. The van der Waals surface area contributed by atoms with Gasteiger partial charge in [0, 0.05) is 12.5 Å². The number of ether oxygens (including phenoxy) is 1. The number of nitrogens with one attached hydrogen (secondary N) is 1. The molecular formula is C25H40N2O2. The van der Waals surface area contributed by atoms with E-state index in [4.69, 9.17) is 4.74 Å². The second-order valence-electron chi connectivity index (χ2n) is 7.35. The molecule has 0 radical (unpaired) electrons. The Hall–Kier alpha value is -2.10. The van der Waals surface area contributed by atoms with Crippen LogP contribution in [0.4, 0.5) is 5.69 Å². The van der Waals surface area contributed by atoms with E-state index < -0.39 is 0 Å². The minimum absolute atomic E-state index is 0.0571. The number of allylic oxidation sites excluding steroid dienone is 4. The van der Waals surface area contributed by atoms with Gasteiger partial charge < -0.3 is 10.1 Å². The Morgan fingerprint density at radius 3 is 2.28 bits per heavy atom. The third kappa shape index (κ3) is 14.5. The fourth-order valence-corrected chi connectivity index (χ4v) is 3.01. The van der Waals surface area contributed by atoms with Gasteiger partial charge in [0.05, 0.1) is 18.5 Å². The first kappa shape index (κ1) is 24.9. The number of aromatic nitrogens is 1. The molecule has 0 fully saturated rings. The zero-order chi connectivity index (χ0) is 21.0. The van der Waals surface area contributed by atoms with E-state index in [9.17, 15) is 4.79 Å². The van der Waals surface area contributed by atoms with Crippen molar-refractivity contribution >= 4 is 11.6 Å². The third-order valence-electron chi connectivity index (χ3n) is 4.67. The monoisotopic (exact) mass is 400 g/mol. The average Bonchev–Trinajstić information content (AvgIpc) is 2.72. The molecule has 1 rings (SSSR count). The smallest absolute Gasteiger partial charge is 0.224 e. The first-order valence-electron chi connectivity index (χ1n) is 11.4. The Morgan fingerprint density at radius 2 is 1.62 bits per heavy atom. The molecule has 1 aromatic heterocycles. The summed E-state index contributed by atoms with van der Waals surface area (Å²) in [5, 5.41) is 2.89. The maximum absolute atomic E-state index is 12.0. The molecule has 4 heteroatoms. The summed E-state index contributed by atoms with van der Waals surface area (Å²) in [5.41, 5.74) is 0.723. The number of amides is 1. The average molecular weight is 401 g/mol. The van der Waals surface area contributed by atoms with Crippen molar-refractivity contribution in [1.29, 1.82) is 0 Å². The number of rotatable bonds is 17. The van der Waals surface area contributed by atoms with E-state index in [-0.39, 0.29) is 5.91 Å². The molecule has 0 spiro atoms. The van der Waals surface area contributed by atoms with Gasteiger partial charge in [0.1, 0.15) is 0 Å². The third-order valence-corrected chi connectivity index (χ3v) is 4.67. The fourth-order valence-electron chi connectivity index (χ4n) is 3.01. The van der Waals surface area contributed by atoms with Crippen molar-refractivity contribution in [3.8, 4) is 5.88 Å². The molecule has 1 aromatic rings. The Kier molecular flexibility index (Phi) is 15.4. The predicted molar refractivity (Wildman–Crippen MR) is 123 cm³/mol. The lowest BCUT2D eigenvalue weighted by Gasteiger charge is -2.06. The molecule has 0 unspecified atom stereocenters. The number of hydrogen-bond donors (Lipinski definition) is 1. The van der Waals surface area contributed by atoms with Crippen LogP contribution in [-0.2, 0) is 4.79 Å². The highest BCUT2D eigenvalue weighted by Gasteiger charge is 2.03.